The predicted octanol–water partition coefficient (Wildman–Crippen LogP) is 5.97. The quantitative estimate of drug-likeness (QED) is 0.452. The largest absolute Gasteiger partial charge is 0.337 e. The molecule has 0 aliphatic carbocycles. The summed E-state index contributed by atoms with van der Waals surface area (Å²) in [6.45, 7) is 6.99. The molecular formula is C21H21N3OS2. The van der Waals surface area contributed by atoms with Gasteiger partial charge in [0.2, 0.25) is 0 Å². The van der Waals surface area contributed by atoms with Crippen LogP contribution in [0.3, 0.4) is 0 Å². The molecule has 27 heavy (non-hydrogen) atoms. The lowest BCUT2D eigenvalue weighted by atomic mass is 10.1. The van der Waals surface area contributed by atoms with Gasteiger partial charge in [0.05, 0.1) is 10.6 Å². The number of amides is 1. The molecule has 0 unspecified atom stereocenters. The van der Waals surface area contributed by atoms with Crippen molar-refractivity contribution >= 4 is 44.6 Å². The van der Waals surface area contributed by atoms with Gasteiger partial charge in [-0.25, -0.2) is 4.98 Å². The summed E-state index contributed by atoms with van der Waals surface area (Å²) in [6.07, 6.45) is 0.985. The number of nitrogens with one attached hydrogen (secondary N) is 1. The number of carbonyl (C=O) groups excluding carboxylic acids is 1. The fourth-order valence-electron chi connectivity index (χ4n) is 3.44. The van der Waals surface area contributed by atoms with Gasteiger partial charge in [0.15, 0.2) is 5.13 Å². The summed E-state index contributed by atoms with van der Waals surface area (Å²) in [5.41, 5.74) is 5.04. The van der Waals surface area contributed by atoms with E-state index in [1.165, 1.54) is 16.9 Å². The third-order valence-electron chi connectivity index (χ3n) is 4.82. The van der Waals surface area contributed by atoms with Crippen LogP contribution in [-0.2, 0) is 13.0 Å². The Labute approximate surface area is 166 Å². The number of thiazole rings is 1. The third-order valence-corrected chi connectivity index (χ3v) is 6.47. The summed E-state index contributed by atoms with van der Waals surface area (Å²) >= 11 is 3.10. The standard InChI is InChI=1S/C21H21N3OS2/c1-4-14-8-9-17-15(11-14)13(3)19(24(17)5-2)20(25)23-21-22-16(12-27-21)18-7-6-10-26-18/h6-12H,4-5H2,1-3H3,(H,22,23,25). The van der Waals surface area contributed by atoms with E-state index in [0.717, 1.165) is 40.0 Å². The molecule has 0 saturated heterocycles. The molecule has 0 fully saturated rings. The molecular weight excluding hydrogens is 374 g/mol. The number of carbonyl (C=O) groups is 1. The minimum absolute atomic E-state index is 0.101. The highest BCUT2D eigenvalue weighted by Crippen LogP contribution is 2.30. The SMILES string of the molecule is CCc1ccc2c(c1)c(C)c(C(=O)Nc1nc(-c3cccs3)cs1)n2CC. The minimum Gasteiger partial charge on any atom is -0.337 e. The zero-order chi connectivity index (χ0) is 19.0. The second-order valence-electron chi connectivity index (χ2n) is 6.39. The van der Waals surface area contributed by atoms with Gasteiger partial charge in [0.1, 0.15) is 5.69 Å². The summed E-state index contributed by atoms with van der Waals surface area (Å²) in [6, 6.07) is 10.5. The number of aryl methyl sites for hydroxylation is 3. The number of nitrogens with zero attached hydrogens (tertiary/aromatic N) is 2. The van der Waals surface area contributed by atoms with Gasteiger partial charge in [-0.15, -0.1) is 22.7 Å². The average molecular weight is 396 g/mol. The van der Waals surface area contributed by atoms with E-state index in [0.29, 0.717) is 10.8 Å². The van der Waals surface area contributed by atoms with Crippen LogP contribution in [0, 0.1) is 6.92 Å². The average Bonchev–Trinajstić information content (AvgIpc) is 3.40. The van der Waals surface area contributed by atoms with E-state index in [2.05, 4.69) is 46.9 Å². The highest BCUT2D eigenvalue weighted by Gasteiger charge is 2.21. The summed E-state index contributed by atoms with van der Waals surface area (Å²) in [5, 5.41) is 8.79. The number of benzene rings is 1. The molecule has 4 nitrogen and oxygen atoms in total. The first-order valence-electron chi connectivity index (χ1n) is 9.04. The topological polar surface area (TPSA) is 46.9 Å². The number of thiophene rings is 1. The van der Waals surface area contributed by atoms with Crippen molar-refractivity contribution in [2.75, 3.05) is 5.32 Å². The lowest BCUT2D eigenvalue weighted by molar-refractivity contribution is 0.101. The Morgan fingerprint density at radius 1 is 1.22 bits per heavy atom. The second-order valence-corrected chi connectivity index (χ2v) is 8.20. The lowest BCUT2D eigenvalue weighted by Gasteiger charge is -2.08. The third kappa shape index (κ3) is 3.19. The highest BCUT2D eigenvalue weighted by molar-refractivity contribution is 7.16. The fourth-order valence-corrected chi connectivity index (χ4v) is 4.90. The zero-order valence-corrected chi connectivity index (χ0v) is 17.2. The monoisotopic (exact) mass is 395 g/mol. The van der Waals surface area contributed by atoms with Gasteiger partial charge in [-0.1, -0.05) is 19.1 Å². The number of hydrogen-bond acceptors (Lipinski definition) is 4. The Kier molecular flexibility index (Phi) is 4.85. The number of rotatable bonds is 5. The Bertz CT molecular complexity index is 1110. The molecule has 1 amide bonds. The molecule has 0 atom stereocenters. The first kappa shape index (κ1) is 17.9. The molecule has 3 heterocycles. The van der Waals surface area contributed by atoms with Crippen molar-refractivity contribution in [3.05, 3.63) is 57.9 Å². The molecule has 138 valence electrons. The van der Waals surface area contributed by atoms with Crippen LogP contribution in [0.2, 0.25) is 0 Å². The van der Waals surface area contributed by atoms with Crippen molar-refractivity contribution in [3.8, 4) is 10.6 Å². The van der Waals surface area contributed by atoms with Gasteiger partial charge in [-0.05, 0) is 55.0 Å². The number of fused-ring (bicyclic) bond motifs is 1. The summed E-state index contributed by atoms with van der Waals surface area (Å²) in [5.74, 6) is -0.101. The summed E-state index contributed by atoms with van der Waals surface area (Å²) in [7, 11) is 0. The van der Waals surface area contributed by atoms with Crippen molar-refractivity contribution < 1.29 is 4.79 Å². The van der Waals surface area contributed by atoms with Gasteiger partial charge in [-0.3, -0.25) is 10.1 Å². The molecule has 0 radical (unpaired) electrons. The Morgan fingerprint density at radius 2 is 2.07 bits per heavy atom. The maximum Gasteiger partial charge on any atom is 0.274 e. The smallest absolute Gasteiger partial charge is 0.274 e. The number of hydrogen-bond donors (Lipinski definition) is 1. The van der Waals surface area contributed by atoms with Crippen LogP contribution in [0.1, 0.15) is 35.5 Å². The Balaban J connectivity index is 1.69. The molecule has 1 N–H and O–H groups in total. The fraction of sp³-hybridized carbons (Fsp3) is 0.238. The van der Waals surface area contributed by atoms with Crippen LogP contribution in [0.4, 0.5) is 5.13 Å². The Hall–Kier alpha value is -2.44. The maximum absolute atomic E-state index is 13.1. The molecule has 3 aromatic heterocycles. The van der Waals surface area contributed by atoms with Crippen molar-refractivity contribution in [1.82, 2.24) is 9.55 Å². The molecule has 0 aliphatic rings. The first-order chi connectivity index (χ1) is 13.1. The van der Waals surface area contributed by atoms with E-state index in [1.807, 2.05) is 29.8 Å². The molecule has 6 heteroatoms. The van der Waals surface area contributed by atoms with Crippen LogP contribution < -0.4 is 5.32 Å². The minimum atomic E-state index is -0.101. The molecule has 0 aliphatic heterocycles. The van der Waals surface area contributed by atoms with Crippen LogP contribution in [0.15, 0.2) is 41.1 Å². The van der Waals surface area contributed by atoms with E-state index in [4.69, 9.17) is 0 Å². The normalized spacial score (nSPS) is 11.2. The van der Waals surface area contributed by atoms with E-state index in [1.54, 1.807) is 11.3 Å². The predicted molar refractivity (Wildman–Crippen MR) is 115 cm³/mol. The van der Waals surface area contributed by atoms with E-state index >= 15 is 0 Å². The number of aromatic nitrogens is 2. The molecule has 1 aromatic carbocycles. The van der Waals surface area contributed by atoms with Gasteiger partial charge in [0, 0.05) is 22.8 Å². The molecule has 0 bridgehead atoms. The van der Waals surface area contributed by atoms with Crippen molar-refractivity contribution in [3.63, 3.8) is 0 Å². The van der Waals surface area contributed by atoms with Gasteiger partial charge in [-0.2, -0.15) is 0 Å². The highest BCUT2D eigenvalue weighted by atomic mass is 32.1. The van der Waals surface area contributed by atoms with Crippen LogP contribution in [0.5, 0.6) is 0 Å². The number of anilines is 1. The second kappa shape index (κ2) is 7.29. The van der Waals surface area contributed by atoms with Crippen molar-refractivity contribution in [1.29, 1.82) is 0 Å². The first-order valence-corrected chi connectivity index (χ1v) is 10.8. The summed E-state index contributed by atoms with van der Waals surface area (Å²) in [4.78, 5) is 18.8. The molecule has 0 spiro atoms. The Morgan fingerprint density at radius 3 is 2.78 bits per heavy atom. The van der Waals surface area contributed by atoms with Gasteiger partial charge in [0.25, 0.3) is 5.91 Å². The van der Waals surface area contributed by atoms with Crippen molar-refractivity contribution in [2.45, 2.75) is 33.7 Å². The summed E-state index contributed by atoms with van der Waals surface area (Å²) < 4.78 is 2.09. The van der Waals surface area contributed by atoms with Gasteiger partial charge >= 0.3 is 0 Å². The van der Waals surface area contributed by atoms with Crippen LogP contribution >= 0.6 is 22.7 Å². The lowest BCUT2D eigenvalue weighted by Crippen LogP contribution is -2.17. The maximum atomic E-state index is 13.1. The van der Waals surface area contributed by atoms with E-state index in [9.17, 15) is 4.79 Å². The zero-order valence-electron chi connectivity index (χ0n) is 15.6. The van der Waals surface area contributed by atoms with Gasteiger partial charge < -0.3 is 4.57 Å². The van der Waals surface area contributed by atoms with Crippen molar-refractivity contribution in [2.24, 2.45) is 0 Å². The van der Waals surface area contributed by atoms with E-state index in [-0.39, 0.29) is 5.91 Å². The molecule has 0 saturated carbocycles. The van der Waals surface area contributed by atoms with E-state index < -0.39 is 0 Å². The van der Waals surface area contributed by atoms with Crippen LogP contribution in [0.25, 0.3) is 21.5 Å². The molecule has 4 rings (SSSR count). The molecule has 4 aromatic rings. The van der Waals surface area contributed by atoms with Crippen LogP contribution in [-0.4, -0.2) is 15.5 Å².